The zero-order valence-corrected chi connectivity index (χ0v) is 19.1. The lowest BCUT2D eigenvalue weighted by Gasteiger charge is -2.33. The van der Waals surface area contributed by atoms with E-state index in [4.69, 9.17) is 16.3 Å². The van der Waals surface area contributed by atoms with Gasteiger partial charge in [0.25, 0.3) is 0 Å². The predicted molar refractivity (Wildman–Crippen MR) is 119 cm³/mol. The number of nitrogens with one attached hydrogen (secondary N) is 1. The van der Waals surface area contributed by atoms with E-state index in [0.29, 0.717) is 49.9 Å². The van der Waals surface area contributed by atoms with Crippen LogP contribution in [0.3, 0.4) is 0 Å². The molecule has 0 spiro atoms. The molecule has 1 N–H and O–H groups in total. The zero-order chi connectivity index (χ0) is 22.4. The number of nitrogens with zero attached hydrogens (tertiary/aromatic N) is 2. The summed E-state index contributed by atoms with van der Waals surface area (Å²) < 4.78 is 5.64. The molecular weight excluding hydrogens is 418 g/mol. The molecule has 8 heteroatoms. The molecule has 0 radical (unpaired) electrons. The summed E-state index contributed by atoms with van der Waals surface area (Å²) in [4.78, 5) is 40.7. The number of benzene rings is 1. The first kappa shape index (κ1) is 23.4. The van der Waals surface area contributed by atoms with Gasteiger partial charge in [0, 0.05) is 44.6 Å². The fourth-order valence-corrected chi connectivity index (χ4v) is 4.31. The zero-order valence-electron chi connectivity index (χ0n) is 18.3. The average Bonchev–Trinajstić information content (AvgIpc) is 3.15. The molecule has 1 atom stereocenters. The van der Waals surface area contributed by atoms with Gasteiger partial charge in [-0.3, -0.25) is 14.4 Å². The molecule has 7 nitrogen and oxygen atoms in total. The molecule has 0 aliphatic carbocycles. The first-order valence-electron chi connectivity index (χ1n) is 11.1. The third kappa shape index (κ3) is 6.35. The van der Waals surface area contributed by atoms with Gasteiger partial charge in [0.15, 0.2) is 0 Å². The molecule has 2 aliphatic heterocycles. The molecule has 1 aromatic carbocycles. The van der Waals surface area contributed by atoms with Gasteiger partial charge in [-0.25, -0.2) is 0 Å². The molecule has 170 valence electrons. The second kappa shape index (κ2) is 10.8. The highest BCUT2D eigenvalue weighted by atomic mass is 35.5. The number of likely N-dealkylation sites (tertiary alicyclic amines) is 2. The van der Waals surface area contributed by atoms with E-state index in [-0.39, 0.29) is 42.1 Å². The van der Waals surface area contributed by atoms with Crippen LogP contribution >= 0.6 is 11.6 Å². The maximum Gasteiger partial charge on any atom is 0.225 e. The molecule has 0 bridgehead atoms. The third-order valence-corrected chi connectivity index (χ3v) is 6.29. The maximum absolute atomic E-state index is 12.6. The summed E-state index contributed by atoms with van der Waals surface area (Å²) in [6, 6.07) is 7.47. The number of carbonyl (C=O) groups is 3. The first-order chi connectivity index (χ1) is 14.8. The van der Waals surface area contributed by atoms with Gasteiger partial charge in [0.05, 0.1) is 17.5 Å². The lowest BCUT2D eigenvalue weighted by molar-refractivity contribution is -0.133. The SMILES string of the molecule is CC(C)N1CC(C(=O)NC2CCN(C(=O)CCCOc3ccccc3Cl)CC2)CC1=O. The molecule has 31 heavy (non-hydrogen) atoms. The second-order valence-electron chi connectivity index (χ2n) is 8.59. The van der Waals surface area contributed by atoms with Crippen molar-refractivity contribution in [1.82, 2.24) is 15.1 Å². The summed E-state index contributed by atoms with van der Waals surface area (Å²) in [6.07, 6.45) is 2.82. The largest absolute Gasteiger partial charge is 0.492 e. The molecule has 2 aliphatic rings. The van der Waals surface area contributed by atoms with E-state index in [1.807, 2.05) is 36.9 Å². The molecule has 2 heterocycles. The lowest BCUT2D eigenvalue weighted by Crippen LogP contribution is -2.48. The van der Waals surface area contributed by atoms with E-state index < -0.39 is 0 Å². The minimum Gasteiger partial charge on any atom is -0.492 e. The van der Waals surface area contributed by atoms with Crippen LogP contribution in [0, 0.1) is 5.92 Å². The highest BCUT2D eigenvalue weighted by Crippen LogP contribution is 2.24. The van der Waals surface area contributed by atoms with Crippen molar-refractivity contribution in [3.8, 4) is 5.75 Å². The molecule has 1 aromatic rings. The highest BCUT2D eigenvalue weighted by molar-refractivity contribution is 6.32. The van der Waals surface area contributed by atoms with Crippen LogP contribution in [0.1, 0.15) is 46.0 Å². The monoisotopic (exact) mass is 449 g/mol. The van der Waals surface area contributed by atoms with Gasteiger partial charge in [-0.1, -0.05) is 23.7 Å². The Kier molecular flexibility index (Phi) is 8.18. The van der Waals surface area contributed by atoms with Crippen LogP contribution in [0.2, 0.25) is 5.02 Å². The Balaban J connectivity index is 1.33. The first-order valence-corrected chi connectivity index (χ1v) is 11.5. The fraction of sp³-hybridized carbons (Fsp3) is 0.609. The van der Waals surface area contributed by atoms with Crippen LogP contribution in [-0.2, 0) is 14.4 Å². The fourth-order valence-electron chi connectivity index (χ4n) is 4.12. The average molecular weight is 450 g/mol. The summed E-state index contributed by atoms with van der Waals surface area (Å²) in [5.74, 6) is 0.481. The van der Waals surface area contributed by atoms with Gasteiger partial charge < -0.3 is 19.9 Å². The highest BCUT2D eigenvalue weighted by Gasteiger charge is 2.36. The van der Waals surface area contributed by atoms with Crippen molar-refractivity contribution in [2.75, 3.05) is 26.2 Å². The minimum absolute atomic E-state index is 0.0435. The minimum atomic E-state index is -0.271. The topological polar surface area (TPSA) is 79.0 Å². The summed E-state index contributed by atoms with van der Waals surface area (Å²) >= 11 is 6.06. The molecule has 2 fully saturated rings. The second-order valence-corrected chi connectivity index (χ2v) is 8.99. The number of ether oxygens (including phenoxy) is 1. The number of rotatable bonds is 8. The van der Waals surface area contributed by atoms with Gasteiger partial charge >= 0.3 is 0 Å². The molecule has 0 aromatic heterocycles. The Hall–Kier alpha value is -2.28. The van der Waals surface area contributed by atoms with Crippen LogP contribution in [0.25, 0.3) is 0 Å². The quantitative estimate of drug-likeness (QED) is 0.619. The van der Waals surface area contributed by atoms with Crippen molar-refractivity contribution in [1.29, 1.82) is 0 Å². The number of hydrogen-bond donors (Lipinski definition) is 1. The van der Waals surface area contributed by atoms with E-state index in [2.05, 4.69) is 5.32 Å². The Morgan fingerprint density at radius 3 is 2.58 bits per heavy atom. The third-order valence-electron chi connectivity index (χ3n) is 5.98. The van der Waals surface area contributed by atoms with E-state index in [1.165, 1.54) is 0 Å². The van der Waals surface area contributed by atoms with Crippen molar-refractivity contribution in [3.63, 3.8) is 0 Å². The van der Waals surface area contributed by atoms with Gasteiger partial charge in [-0.15, -0.1) is 0 Å². The summed E-state index contributed by atoms with van der Waals surface area (Å²) in [6.45, 7) is 6.14. The van der Waals surface area contributed by atoms with Crippen molar-refractivity contribution >= 4 is 29.3 Å². The molecule has 2 saturated heterocycles. The van der Waals surface area contributed by atoms with E-state index >= 15 is 0 Å². The van der Waals surface area contributed by atoms with E-state index in [0.717, 1.165) is 12.8 Å². The van der Waals surface area contributed by atoms with Crippen molar-refractivity contribution in [2.24, 2.45) is 5.92 Å². The Labute approximate surface area is 189 Å². The smallest absolute Gasteiger partial charge is 0.225 e. The van der Waals surface area contributed by atoms with Gasteiger partial charge in [-0.2, -0.15) is 0 Å². The molecule has 3 amide bonds. The summed E-state index contributed by atoms with van der Waals surface area (Å²) in [7, 11) is 0. The normalized spacial score (nSPS) is 19.7. The number of para-hydroxylation sites is 1. The van der Waals surface area contributed by atoms with Crippen LogP contribution in [0.5, 0.6) is 5.75 Å². The van der Waals surface area contributed by atoms with Crippen LogP contribution in [0.15, 0.2) is 24.3 Å². The molecule has 1 unspecified atom stereocenters. The van der Waals surface area contributed by atoms with Crippen LogP contribution in [-0.4, -0.2) is 65.8 Å². The number of hydrogen-bond acceptors (Lipinski definition) is 4. The van der Waals surface area contributed by atoms with Gasteiger partial charge in [0.2, 0.25) is 17.7 Å². The number of piperidine rings is 1. The Morgan fingerprint density at radius 1 is 1.23 bits per heavy atom. The van der Waals surface area contributed by atoms with Gasteiger partial charge in [-0.05, 0) is 45.2 Å². The maximum atomic E-state index is 12.6. The van der Waals surface area contributed by atoms with Crippen molar-refractivity contribution in [2.45, 2.75) is 58.0 Å². The number of amides is 3. The van der Waals surface area contributed by atoms with Crippen LogP contribution < -0.4 is 10.1 Å². The summed E-state index contributed by atoms with van der Waals surface area (Å²) in [5.41, 5.74) is 0. The molecule has 0 saturated carbocycles. The van der Waals surface area contributed by atoms with Crippen molar-refractivity contribution in [3.05, 3.63) is 29.3 Å². The van der Waals surface area contributed by atoms with E-state index in [9.17, 15) is 14.4 Å². The standard InChI is InChI=1S/C23H32ClN3O4/c1-16(2)27-15-17(14-22(27)29)23(30)25-18-9-11-26(12-10-18)21(28)8-5-13-31-20-7-4-3-6-19(20)24/h3-4,6-7,16-18H,5,8-15H2,1-2H3,(H,25,30). The lowest BCUT2D eigenvalue weighted by atomic mass is 10.0. The van der Waals surface area contributed by atoms with Gasteiger partial charge in [0.1, 0.15) is 5.75 Å². The number of halogens is 1. The summed E-state index contributed by atoms with van der Waals surface area (Å²) in [5, 5.41) is 3.65. The van der Waals surface area contributed by atoms with Crippen molar-refractivity contribution < 1.29 is 19.1 Å². The number of carbonyl (C=O) groups excluding carboxylic acids is 3. The van der Waals surface area contributed by atoms with Crippen LogP contribution in [0.4, 0.5) is 0 Å². The Bertz CT molecular complexity index is 793. The molecule has 3 rings (SSSR count). The van der Waals surface area contributed by atoms with E-state index in [1.54, 1.807) is 11.0 Å². The predicted octanol–water partition coefficient (Wildman–Crippen LogP) is 2.86. The Morgan fingerprint density at radius 2 is 1.94 bits per heavy atom. The molecular formula is C23H32ClN3O4.